The summed E-state index contributed by atoms with van der Waals surface area (Å²) in [6.07, 6.45) is -0.470. The quantitative estimate of drug-likeness (QED) is 0.809. The summed E-state index contributed by atoms with van der Waals surface area (Å²) in [7, 11) is 2.01. The van der Waals surface area contributed by atoms with Crippen LogP contribution in [0.4, 0.5) is 0 Å². The summed E-state index contributed by atoms with van der Waals surface area (Å²) in [6.45, 7) is 2.33. The zero-order valence-corrected chi connectivity index (χ0v) is 12.5. The molecule has 112 valence electrons. The molecule has 0 fully saturated rings. The topological polar surface area (TPSA) is 32.7 Å². The highest BCUT2D eigenvalue weighted by atomic mass is 16.5. The van der Waals surface area contributed by atoms with E-state index < -0.39 is 6.10 Å². The van der Waals surface area contributed by atoms with Crippen LogP contribution in [0.3, 0.4) is 0 Å². The predicted octanol–water partition coefficient (Wildman–Crippen LogP) is 2.70. The number of hydrogen-bond acceptors (Lipinski definition) is 3. The van der Waals surface area contributed by atoms with Crippen LogP contribution in [-0.4, -0.2) is 36.3 Å². The van der Waals surface area contributed by atoms with Gasteiger partial charge in [0.05, 0.1) is 19.3 Å². The Balaban J connectivity index is 1.66. The molecule has 0 radical (unpaired) electrons. The molecule has 1 unspecified atom stereocenters. The van der Waals surface area contributed by atoms with Gasteiger partial charge in [-0.15, -0.1) is 0 Å². The Morgan fingerprint density at radius 1 is 0.952 bits per heavy atom. The molecule has 1 N–H and O–H groups in total. The van der Waals surface area contributed by atoms with Crippen molar-refractivity contribution in [1.82, 2.24) is 4.90 Å². The fourth-order valence-corrected chi connectivity index (χ4v) is 2.26. The maximum absolute atomic E-state index is 10.0. The van der Waals surface area contributed by atoms with E-state index in [4.69, 9.17) is 4.74 Å². The minimum Gasteiger partial charge on any atom is -0.389 e. The first-order valence-corrected chi connectivity index (χ1v) is 7.26. The minimum absolute atomic E-state index is 0.355. The molecule has 0 bridgehead atoms. The van der Waals surface area contributed by atoms with Crippen molar-refractivity contribution >= 4 is 0 Å². The third-order valence-corrected chi connectivity index (χ3v) is 3.24. The van der Waals surface area contributed by atoms with Gasteiger partial charge in [0.2, 0.25) is 0 Å². The van der Waals surface area contributed by atoms with Gasteiger partial charge in [-0.25, -0.2) is 0 Å². The van der Waals surface area contributed by atoms with E-state index in [2.05, 4.69) is 17.0 Å². The number of nitrogens with zero attached hydrogens (tertiary/aromatic N) is 1. The molecule has 0 aromatic heterocycles. The van der Waals surface area contributed by atoms with Crippen molar-refractivity contribution < 1.29 is 9.84 Å². The molecule has 2 aromatic rings. The first kappa shape index (κ1) is 15.7. The van der Waals surface area contributed by atoms with Crippen molar-refractivity contribution in [2.24, 2.45) is 0 Å². The molecule has 3 nitrogen and oxygen atoms in total. The second kappa shape index (κ2) is 8.57. The SMILES string of the molecule is CN(Cc1ccccc1)CC(O)COCc1ccccc1. The van der Waals surface area contributed by atoms with Crippen LogP contribution in [0.2, 0.25) is 0 Å². The van der Waals surface area contributed by atoms with Gasteiger partial charge in [0, 0.05) is 13.1 Å². The summed E-state index contributed by atoms with van der Waals surface area (Å²) in [5.41, 5.74) is 2.37. The van der Waals surface area contributed by atoms with Gasteiger partial charge in [-0.2, -0.15) is 0 Å². The zero-order valence-electron chi connectivity index (χ0n) is 12.5. The second-order valence-corrected chi connectivity index (χ2v) is 5.34. The van der Waals surface area contributed by atoms with Crippen LogP contribution in [0, 0.1) is 0 Å². The first-order chi connectivity index (χ1) is 10.2. The number of aliphatic hydroxyl groups is 1. The summed E-state index contributed by atoms with van der Waals surface area (Å²) in [5.74, 6) is 0. The van der Waals surface area contributed by atoms with E-state index in [-0.39, 0.29) is 0 Å². The number of hydrogen-bond donors (Lipinski definition) is 1. The molecule has 0 aliphatic carbocycles. The molecule has 2 rings (SSSR count). The van der Waals surface area contributed by atoms with Crippen molar-refractivity contribution in [2.75, 3.05) is 20.2 Å². The van der Waals surface area contributed by atoms with Crippen LogP contribution in [0.25, 0.3) is 0 Å². The normalized spacial score (nSPS) is 12.5. The Bertz CT molecular complexity index is 501. The smallest absolute Gasteiger partial charge is 0.0900 e. The fourth-order valence-electron chi connectivity index (χ4n) is 2.26. The number of likely N-dealkylation sites (N-methyl/N-ethyl adjacent to an activating group) is 1. The van der Waals surface area contributed by atoms with E-state index in [9.17, 15) is 5.11 Å². The maximum atomic E-state index is 10.0. The van der Waals surface area contributed by atoms with E-state index in [0.717, 1.165) is 12.1 Å². The third-order valence-electron chi connectivity index (χ3n) is 3.24. The molecule has 21 heavy (non-hydrogen) atoms. The lowest BCUT2D eigenvalue weighted by Crippen LogP contribution is -2.31. The van der Waals surface area contributed by atoms with Gasteiger partial charge in [-0.3, -0.25) is 4.90 Å². The summed E-state index contributed by atoms with van der Waals surface area (Å²) < 4.78 is 5.56. The highest BCUT2D eigenvalue weighted by Crippen LogP contribution is 2.04. The summed E-state index contributed by atoms with van der Waals surface area (Å²) in [6, 6.07) is 20.3. The average molecular weight is 285 g/mol. The molecule has 0 aliphatic heterocycles. The second-order valence-electron chi connectivity index (χ2n) is 5.34. The largest absolute Gasteiger partial charge is 0.389 e. The molecule has 0 spiro atoms. The van der Waals surface area contributed by atoms with Gasteiger partial charge in [-0.05, 0) is 18.2 Å². The van der Waals surface area contributed by atoms with Gasteiger partial charge in [0.15, 0.2) is 0 Å². The first-order valence-electron chi connectivity index (χ1n) is 7.26. The van der Waals surface area contributed by atoms with Crippen LogP contribution in [0.15, 0.2) is 60.7 Å². The maximum Gasteiger partial charge on any atom is 0.0900 e. The molecule has 2 aromatic carbocycles. The lowest BCUT2D eigenvalue weighted by atomic mass is 10.2. The summed E-state index contributed by atoms with van der Waals surface area (Å²) >= 11 is 0. The van der Waals surface area contributed by atoms with Crippen LogP contribution in [0.5, 0.6) is 0 Å². The standard InChI is InChI=1S/C18H23NO2/c1-19(12-16-8-4-2-5-9-16)13-18(20)15-21-14-17-10-6-3-7-11-17/h2-11,18,20H,12-15H2,1H3. The molecule has 0 amide bonds. The molecule has 0 saturated carbocycles. The highest BCUT2D eigenvalue weighted by molar-refractivity contribution is 5.14. The fraction of sp³-hybridized carbons (Fsp3) is 0.333. The van der Waals surface area contributed by atoms with Crippen molar-refractivity contribution in [3.63, 3.8) is 0 Å². The Morgan fingerprint density at radius 2 is 1.52 bits per heavy atom. The predicted molar refractivity (Wildman–Crippen MR) is 84.9 cm³/mol. The van der Waals surface area contributed by atoms with Crippen LogP contribution in [0.1, 0.15) is 11.1 Å². The van der Waals surface area contributed by atoms with Crippen LogP contribution >= 0.6 is 0 Å². The van der Waals surface area contributed by atoms with Gasteiger partial charge in [-0.1, -0.05) is 60.7 Å². The Kier molecular flexibility index (Phi) is 6.41. The van der Waals surface area contributed by atoms with E-state index in [1.54, 1.807) is 0 Å². The van der Waals surface area contributed by atoms with Crippen LogP contribution < -0.4 is 0 Å². The zero-order chi connectivity index (χ0) is 14.9. The molecule has 0 heterocycles. The van der Waals surface area contributed by atoms with E-state index in [1.807, 2.05) is 55.6 Å². The lowest BCUT2D eigenvalue weighted by Gasteiger charge is -2.20. The molecular formula is C18H23NO2. The number of rotatable bonds is 8. The van der Waals surface area contributed by atoms with Crippen LogP contribution in [-0.2, 0) is 17.9 Å². The molecule has 0 aliphatic rings. The Labute approximate surface area is 126 Å². The number of benzene rings is 2. The highest BCUT2D eigenvalue weighted by Gasteiger charge is 2.09. The van der Waals surface area contributed by atoms with Crippen molar-refractivity contribution in [1.29, 1.82) is 0 Å². The van der Waals surface area contributed by atoms with Crippen molar-refractivity contribution in [3.05, 3.63) is 71.8 Å². The minimum atomic E-state index is -0.470. The van der Waals surface area contributed by atoms with Gasteiger partial charge in [0.1, 0.15) is 0 Å². The monoisotopic (exact) mass is 285 g/mol. The number of ether oxygens (including phenoxy) is 1. The molecule has 1 atom stereocenters. The van der Waals surface area contributed by atoms with Gasteiger partial charge >= 0.3 is 0 Å². The average Bonchev–Trinajstić information content (AvgIpc) is 2.49. The molecule has 0 saturated heterocycles. The van der Waals surface area contributed by atoms with Gasteiger partial charge in [0.25, 0.3) is 0 Å². The Hall–Kier alpha value is -1.68. The Morgan fingerprint density at radius 3 is 2.14 bits per heavy atom. The third kappa shape index (κ3) is 6.08. The lowest BCUT2D eigenvalue weighted by molar-refractivity contribution is 0.0127. The van der Waals surface area contributed by atoms with Gasteiger partial charge < -0.3 is 9.84 Å². The summed E-state index contributed by atoms with van der Waals surface area (Å²) in [5, 5.41) is 10.0. The summed E-state index contributed by atoms with van der Waals surface area (Å²) in [4.78, 5) is 2.10. The van der Waals surface area contributed by atoms with Crippen molar-refractivity contribution in [3.8, 4) is 0 Å². The van der Waals surface area contributed by atoms with Crippen molar-refractivity contribution in [2.45, 2.75) is 19.3 Å². The van der Waals surface area contributed by atoms with E-state index >= 15 is 0 Å². The number of aliphatic hydroxyl groups excluding tert-OH is 1. The van der Waals surface area contributed by atoms with E-state index in [1.165, 1.54) is 5.56 Å². The van der Waals surface area contributed by atoms with E-state index in [0.29, 0.717) is 19.8 Å². The molecule has 3 heteroatoms. The molecular weight excluding hydrogens is 262 g/mol.